The van der Waals surface area contributed by atoms with Crippen molar-refractivity contribution in [3.05, 3.63) is 40.9 Å². The predicted molar refractivity (Wildman–Crippen MR) is 83.9 cm³/mol. The average molecular weight is 342 g/mol. The molecule has 102 valence electrons. The van der Waals surface area contributed by atoms with E-state index >= 15 is 0 Å². The Morgan fingerprint density at radius 2 is 1.74 bits per heavy atom. The molecule has 5 heteroatoms. The van der Waals surface area contributed by atoms with E-state index in [-0.39, 0.29) is 11.7 Å². The largest absolute Gasteiger partial charge is 0.284 e. The first-order valence-electron chi connectivity index (χ1n) is 6.05. The molecule has 1 N–H and O–H groups in total. The lowest BCUT2D eigenvalue weighted by molar-refractivity contribution is 0.587. The zero-order valence-electron chi connectivity index (χ0n) is 10.9. The van der Waals surface area contributed by atoms with Crippen LogP contribution in [0.2, 0.25) is 0 Å². The van der Waals surface area contributed by atoms with Gasteiger partial charge in [-0.05, 0) is 41.0 Å². The third-order valence-corrected chi connectivity index (χ3v) is 4.77. The molecule has 0 unspecified atom stereocenters. The van der Waals surface area contributed by atoms with Crippen LogP contribution in [0.4, 0.5) is 5.69 Å². The zero-order valence-corrected chi connectivity index (χ0v) is 13.3. The lowest BCUT2D eigenvalue weighted by Crippen LogP contribution is -2.19. The fourth-order valence-corrected chi connectivity index (χ4v) is 3.77. The van der Waals surface area contributed by atoms with Crippen LogP contribution in [-0.2, 0) is 10.0 Å². The highest BCUT2D eigenvalue weighted by Crippen LogP contribution is 2.23. The second kappa shape index (κ2) is 5.51. The van der Waals surface area contributed by atoms with Crippen molar-refractivity contribution in [2.75, 3.05) is 10.5 Å². The number of anilines is 1. The van der Waals surface area contributed by atoms with Gasteiger partial charge in [-0.15, -0.1) is 0 Å². The minimum atomic E-state index is -3.27. The maximum atomic E-state index is 11.9. The molecular weight excluding hydrogens is 326 g/mol. The second-order valence-electron chi connectivity index (χ2n) is 4.98. The molecule has 0 radical (unpaired) electrons. The highest BCUT2D eigenvalue weighted by atomic mass is 79.9. The van der Waals surface area contributed by atoms with E-state index in [1.807, 2.05) is 44.2 Å². The molecule has 0 spiro atoms. The summed E-state index contributed by atoms with van der Waals surface area (Å²) in [6, 6.07) is 11.4. The van der Waals surface area contributed by atoms with Crippen LogP contribution in [0.5, 0.6) is 0 Å². The van der Waals surface area contributed by atoms with Crippen molar-refractivity contribution in [1.82, 2.24) is 0 Å². The van der Waals surface area contributed by atoms with E-state index in [4.69, 9.17) is 0 Å². The van der Waals surface area contributed by atoms with Crippen molar-refractivity contribution in [2.45, 2.75) is 13.8 Å². The molecule has 0 saturated heterocycles. The lowest BCUT2D eigenvalue weighted by atomic mass is 10.1. The minimum absolute atomic E-state index is 0.105. The van der Waals surface area contributed by atoms with Crippen LogP contribution in [0, 0.1) is 5.92 Å². The number of hydrogen-bond donors (Lipinski definition) is 1. The minimum Gasteiger partial charge on any atom is -0.284 e. The molecule has 0 atom stereocenters. The van der Waals surface area contributed by atoms with Crippen LogP contribution in [0.1, 0.15) is 13.8 Å². The van der Waals surface area contributed by atoms with Gasteiger partial charge in [0.15, 0.2) is 0 Å². The molecule has 0 heterocycles. The van der Waals surface area contributed by atoms with Crippen molar-refractivity contribution in [2.24, 2.45) is 5.92 Å². The van der Waals surface area contributed by atoms with Crippen LogP contribution in [0.25, 0.3) is 10.8 Å². The quantitative estimate of drug-likeness (QED) is 0.913. The van der Waals surface area contributed by atoms with Crippen molar-refractivity contribution in [3.8, 4) is 0 Å². The van der Waals surface area contributed by atoms with Gasteiger partial charge in [0.2, 0.25) is 10.0 Å². The van der Waals surface area contributed by atoms with Crippen LogP contribution < -0.4 is 4.72 Å². The number of benzene rings is 2. The standard InChI is InChI=1S/C14H16BrNO2S/c1-10(2)9-19(17,18)16-14-6-4-11-7-13(15)5-3-12(11)8-14/h3-8,10,16H,9H2,1-2H3. The molecule has 0 aliphatic heterocycles. The number of sulfonamides is 1. The van der Waals surface area contributed by atoms with Gasteiger partial charge in [0, 0.05) is 10.2 Å². The van der Waals surface area contributed by atoms with Gasteiger partial charge in [-0.1, -0.05) is 41.9 Å². The molecule has 0 fully saturated rings. The summed E-state index contributed by atoms with van der Waals surface area (Å²) in [4.78, 5) is 0. The monoisotopic (exact) mass is 341 g/mol. The molecule has 0 aliphatic rings. The van der Waals surface area contributed by atoms with Gasteiger partial charge in [0.05, 0.1) is 5.75 Å². The zero-order chi connectivity index (χ0) is 14.0. The Morgan fingerprint density at radius 1 is 1.11 bits per heavy atom. The van der Waals surface area contributed by atoms with E-state index in [1.54, 1.807) is 6.07 Å². The molecule has 0 aliphatic carbocycles. The van der Waals surface area contributed by atoms with Gasteiger partial charge < -0.3 is 0 Å². The van der Waals surface area contributed by atoms with Gasteiger partial charge in [-0.25, -0.2) is 8.42 Å². The summed E-state index contributed by atoms with van der Waals surface area (Å²) in [6.07, 6.45) is 0. The fourth-order valence-electron chi connectivity index (χ4n) is 1.94. The van der Waals surface area contributed by atoms with Crippen molar-refractivity contribution in [3.63, 3.8) is 0 Å². The first-order valence-corrected chi connectivity index (χ1v) is 8.50. The molecule has 0 saturated carbocycles. The summed E-state index contributed by atoms with van der Waals surface area (Å²) >= 11 is 3.42. The fraction of sp³-hybridized carbons (Fsp3) is 0.286. The molecule has 2 rings (SSSR count). The number of hydrogen-bond acceptors (Lipinski definition) is 2. The van der Waals surface area contributed by atoms with Crippen molar-refractivity contribution < 1.29 is 8.42 Å². The Bertz CT molecular complexity index is 696. The van der Waals surface area contributed by atoms with Gasteiger partial charge in [-0.2, -0.15) is 0 Å². The van der Waals surface area contributed by atoms with Crippen LogP contribution in [0.15, 0.2) is 40.9 Å². The van der Waals surface area contributed by atoms with Gasteiger partial charge in [-0.3, -0.25) is 4.72 Å². The Kier molecular flexibility index (Phi) is 4.16. The topological polar surface area (TPSA) is 46.2 Å². The normalized spacial score (nSPS) is 12.0. The van der Waals surface area contributed by atoms with Crippen molar-refractivity contribution >= 4 is 42.4 Å². The van der Waals surface area contributed by atoms with E-state index < -0.39 is 10.0 Å². The summed E-state index contributed by atoms with van der Waals surface area (Å²) in [5, 5.41) is 2.08. The Hall–Kier alpha value is -1.07. The van der Waals surface area contributed by atoms with Gasteiger partial charge in [0.25, 0.3) is 0 Å². The van der Waals surface area contributed by atoms with Gasteiger partial charge in [0.1, 0.15) is 0 Å². The maximum Gasteiger partial charge on any atom is 0.232 e. The van der Waals surface area contributed by atoms with E-state index in [0.717, 1.165) is 15.2 Å². The van der Waals surface area contributed by atoms with E-state index in [9.17, 15) is 8.42 Å². The summed E-state index contributed by atoms with van der Waals surface area (Å²) in [5.74, 6) is 0.236. The summed E-state index contributed by atoms with van der Waals surface area (Å²) < 4.78 is 27.4. The smallest absolute Gasteiger partial charge is 0.232 e. The number of halogens is 1. The first-order chi connectivity index (χ1) is 8.85. The highest BCUT2D eigenvalue weighted by molar-refractivity contribution is 9.10. The summed E-state index contributed by atoms with van der Waals surface area (Å²) in [5.41, 5.74) is 0.607. The summed E-state index contributed by atoms with van der Waals surface area (Å²) in [7, 11) is -3.27. The van der Waals surface area contributed by atoms with E-state index in [2.05, 4.69) is 20.7 Å². The molecule has 19 heavy (non-hydrogen) atoms. The first kappa shape index (κ1) is 14.3. The third-order valence-electron chi connectivity index (χ3n) is 2.63. The Balaban J connectivity index is 2.29. The molecule has 2 aromatic carbocycles. The number of fused-ring (bicyclic) bond motifs is 1. The van der Waals surface area contributed by atoms with Crippen LogP contribution in [-0.4, -0.2) is 14.2 Å². The Labute approximate surface area is 122 Å². The average Bonchev–Trinajstić information content (AvgIpc) is 2.27. The van der Waals surface area contributed by atoms with E-state index in [0.29, 0.717) is 5.69 Å². The second-order valence-corrected chi connectivity index (χ2v) is 7.67. The van der Waals surface area contributed by atoms with E-state index in [1.165, 1.54) is 0 Å². The van der Waals surface area contributed by atoms with Crippen LogP contribution in [0.3, 0.4) is 0 Å². The highest BCUT2D eigenvalue weighted by Gasteiger charge is 2.12. The Morgan fingerprint density at radius 3 is 2.42 bits per heavy atom. The van der Waals surface area contributed by atoms with Gasteiger partial charge >= 0.3 is 0 Å². The lowest BCUT2D eigenvalue weighted by Gasteiger charge is -2.10. The van der Waals surface area contributed by atoms with Crippen LogP contribution >= 0.6 is 15.9 Å². The third kappa shape index (κ3) is 3.94. The molecule has 0 amide bonds. The summed E-state index contributed by atoms with van der Waals surface area (Å²) in [6.45, 7) is 3.77. The maximum absolute atomic E-state index is 11.9. The molecule has 2 aromatic rings. The number of rotatable bonds is 4. The molecule has 0 bridgehead atoms. The molecular formula is C14H16BrNO2S. The predicted octanol–water partition coefficient (Wildman–Crippen LogP) is 4.00. The van der Waals surface area contributed by atoms with Crippen molar-refractivity contribution in [1.29, 1.82) is 0 Å². The molecule has 0 aromatic heterocycles. The molecule has 3 nitrogen and oxygen atoms in total. The number of nitrogens with one attached hydrogen (secondary N) is 1. The SMILES string of the molecule is CC(C)CS(=O)(=O)Nc1ccc2cc(Br)ccc2c1.